The third-order valence-electron chi connectivity index (χ3n) is 3.21. The summed E-state index contributed by atoms with van der Waals surface area (Å²) in [5.41, 5.74) is 5.88. The number of hydrogen-bond donors (Lipinski definition) is 0. The van der Waals surface area contributed by atoms with Gasteiger partial charge >= 0.3 is 0 Å². The van der Waals surface area contributed by atoms with Crippen LogP contribution < -0.4 is 0 Å². The van der Waals surface area contributed by atoms with Crippen LogP contribution in [0.25, 0.3) is 5.43 Å². The van der Waals surface area contributed by atoms with Gasteiger partial charge in [0.1, 0.15) is 0 Å². The summed E-state index contributed by atoms with van der Waals surface area (Å²) in [6.45, 7) is 3.97. The van der Waals surface area contributed by atoms with E-state index < -0.39 is 0 Å². The number of nitrogens with zero attached hydrogens (tertiary/aromatic N) is 5. The minimum absolute atomic E-state index is 0. The van der Waals surface area contributed by atoms with Crippen molar-refractivity contribution in [3.05, 3.63) is 45.6 Å². The molecule has 9 heteroatoms. The number of thiol groups is 1. The fraction of sp³-hybridized carbons (Fsp3) is 0.500. The van der Waals surface area contributed by atoms with Gasteiger partial charge in [0.2, 0.25) is 0 Å². The topological polar surface area (TPSA) is 95.1 Å². The summed E-state index contributed by atoms with van der Waals surface area (Å²) in [7, 11) is 0. The molecule has 2 rings (SSSR count). The maximum absolute atomic E-state index is 8.00. The minimum Gasteiger partial charge on any atom is -0.515 e. The Morgan fingerprint density at radius 2 is 1.91 bits per heavy atom. The van der Waals surface area contributed by atoms with Gasteiger partial charge < -0.3 is 20.6 Å². The molecule has 1 aromatic heterocycles. The second-order valence-electron chi connectivity index (χ2n) is 4.78. The van der Waals surface area contributed by atoms with Gasteiger partial charge in [-0.15, -0.1) is 5.34 Å². The Morgan fingerprint density at radius 1 is 1.30 bits per heavy atom. The first kappa shape index (κ1) is 21.6. The quantitative estimate of drug-likeness (QED) is 0.150. The van der Waals surface area contributed by atoms with Crippen LogP contribution in [0.1, 0.15) is 38.3 Å². The average molecular weight is 381 g/mol. The van der Waals surface area contributed by atoms with Crippen molar-refractivity contribution in [2.45, 2.75) is 32.6 Å². The van der Waals surface area contributed by atoms with Crippen molar-refractivity contribution in [1.29, 1.82) is 0 Å². The summed E-state index contributed by atoms with van der Waals surface area (Å²) in [6, 6.07) is 5.77. The fourth-order valence-corrected chi connectivity index (χ4v) is 2.33. The molecule has 0 unspecified atom stereocenters. The van der Waals surface area contributed by atoms with Crippen LogP contribution in [0.4, 0.5) is 0 Å². The summed E-state index contributed by atoms with van der Waals surface area (Å²) in [4.78, 5) is 14.4. The van der Waals surface area contributed by atoms with Crippen molar-refractivity contribution in [1.82, 2.24) is 9.88 Å². The zero-order valence-electron chi connectivity index (χ0n) is 12.9. The molecule has 0 N–H and O–H groups in total. The first-order chi connectivity index (χ1) is 10.7. The maximum Gasteiger partial charge on any atom is 0.189 e. The van der Waals surface area contributed by atoms with Crippen molar-refractivity contribution in [2.24, 2.45) is 10.4 Å². The van der Waals surface area contributed by atoms with Gasteiger partial charge in [-0.25, -0.2) is 4.90 Å². The Labute approximate surface area is 151 Å². The van der Waals surface area contributed by atoms with Crippen LogP contribution in [0.2, 0.25) is 0 Å². The number of pyridine rings is 1. The van der Waals surface area contributed by atoms with E-state index >= 15 is 0 Å². The molecule has 130 valence electrons. The van der Waals surface area contributed by atoms with Crippen LogP contribution in [0.15, 0.2) is 34.8 Å². The van der Waals surface area contributed by atoms with Crippen molar-refractivity contribution >= 4 is 23.0 Å². The second kappa shape index (κ2) is 13.0. The monoisotopic (exact) mass is 380 g/mol. The summed E-state index contributed by atoms with van der Waals surface area (Å²) in [5.74, 6) is 0. The summed E-state index contributed by atoms with van der Waals surface area (Å²) >= 11 is 4.46. The molecule has 0 bridgehead atoms. The molecule has 0 spiro atoms. The number of hydrogen-bond acceptors (Lipinski definition) is 5. The Balaban J connectivity index is 0.00000112. The smallest absolute Gasteiger partial charge is 0.189 e. The molecule has 0 saturated carbocycles. The summed E-state index contributed by atoms with van der Waals surface area (Å²) < 4.78 is 0. The molecule has 1 saturated heterocycles. The first-order valence-electron chi connectivity index (χ1n) is 7.11. The minimum atomic E-state index is 0. The van der Waals surface area contributed by atoms with Gasteiger partial charge in [0.05, 0.1) is 5.69 Å². The normalized spacial score (nSPS) is 15.3. The van der Waals surface area contributed by atoms with Gasteiger partial charge in [-0.3, -0.25) is 4.98 Å². The van der Waals surface area contributed by atoms with Crippen molar-refractivity contribution in [3.63, 3.8) is 0 Å². The molecule has 1 fully saturated rings. The van der Waals surface area contributed by atoms with Gasteiger partial charge in [-0.05, 0) is 31.9 Å². The molecule has 0 aliphatic carbocycles. The predicted octanol–water partition coefficient (Wildman–Crippen LogP) is 2.67. The Hall–Kier alpha value is -1.44. The van der Waals surface area contributed by atoms with Crippen LogP contribution in [0, 0.1) is 10.1 Å². The number of rotatable bonds is 2. The Bertz CT molecular complexity index is 493. The van der Waals surface area contributed by atoms with Gasteiger partial charge in [-0.1, -0.05) is 18.9 Å². The van der Waals surface area contributed by atoms with E-state index in [0.29, 0.717) is 5.11 Å². The fourth-order valence-electron chi connectivity index (χ4n) is 2.08. The van der Waals surface area contributed by atoms with Gasteiger partial charge in [0.25, 0.3) is 0 Å². The molecular weight excluding hydrogens is 361 g/mol. The molecule has 0 amide bonds. The summed E-state index contributed by atoms with van der Waals surface area (Å²) in [6.07, 6.45) is 6.78. The van der Waals surface area contributed by atoms with Crippen molar-refractivity contribution < 1.29 is 16.5 Å². The standard InChI is InChI=1S/C14H20N4S.HNO2.Ni/c1-12(13-8-4-5-9-15-13)16-17-14(19)18-10-6-2-3-7-11-18;2-1-3;/h4-5,8-9H,2-3,6-7,10-11H2,1H3,(H,15,17,19);(H,2,3);/p-1. The van der Waals surface area contributed by atoms with E-state index in [1.54, 1.807) is 6.20 Å². The van der Waals surface area contributed by atoms with Gasteiger partial charge in [0, 0.05) is 41.5 Å². The third kappa shape index (κ3) is 8.69. The molecular formula is C14H20N5NiO2S-. The number of likely N-dealkylation sites (tertiary alicyclic amines) is 1. The third-order valence-corrected chi connectivity index (χ3v) is 3.59. The average Bonchev–Trinajstić information content (AvgIpc) is 2.83. The molecule has 7 nitrogen and oxygen atoms in total. The molecule has 0 atom stereocenters. The zero-order valence-corrected chi connectivity index (χ0v) is 14.8. The van der Waals surface area contributed by atoms with Crippen LogP contribution in [-0.4, -0.2) is 33.8 Å². The number of aromatic nitrogens is 1. The van der Waals surface area contributed by atoms with Crippen molar-refractivity contribution in [2.75, 3.05) is 13.1 Å². The molecule has 0 radical (unpaired) electrons. The van der Waals surface area contributed by atoms with E-state index in [9.17, 15) is 0 Å². The maximum atomic E-state index is 8.00. The van der Waals surface area contributed by atoms with E-state index in [0.717, 1.165) is 29.8 Å². The van der Waals surface area contributed by atoms with Crippen LogP contribution in [-0.2, 0) is 28.7 Å². The molecule has 23 heavy (non-hydrogen) atoms. The predicted molar refractivity (Wildman–Crippen MR) is 92.8 cm³/mol. The molecule has 1 aliphatic heterocycles. The van der Waals surface area contributed by atoms with E-state index in [2.05, 4.69) is 32.6 Å². The summed E-state index contributed by atoms with van der Waals surface area (Å²) in [5, 5.41) is 13.9. The first-order valence-corrected chi connectivity index (χ1v) is 7.56. The Morgan fingerprint density at radius 3 is 2.43 bits per heavy atom. The van der Waals surface area contributed by atoms with Crippen LogP contribution >= 0.6 is 0 Å². The second-order valence-corrected chi connectivity index (χ2v) is 5.18. The zero-order chi connectivity index (χ0) is 16.2. The van der Waals surface area contributed by atoms with Crippen LogP contribution in [0.5, 0.6) is 0 Å². The van der Waals surface area contributed by atoms with E-state index in [1.807, 2.05) is 25.1 Å². The molecule has 0 aromatic carbocycles. The van der Waals surface area contributed by atoms with Gasteiger partial charge in [0.15, 0.2) is 17.3 Å². The van der Waals surface area contributed by atoms with E-state index in [1.165, 1.54) is 25.7 Å². The Kier molecular flexibility index (Phi) is 12.2. The van der Waals surface area contributed by atoms with Crippen molar-refractivity contribution in [3.8, 4) is 0 Å². The van der Waals surface area contributed by atoms with Gasteiger partial charge in [-0.2, -0.15) is 0 Å². The van der Waals surface area contributed by atoms with Crippen LogP contribution in [0.3, 0.4) is 0 Å². The molecule has 1 aromatic rings. The largest absolute Gasteiger partial charge is 0.515 e. The van der Waals surface area contributed by atoms with E-state index in [4.69, 9.17) is 10.1 Å². The molecule has 2 heterocycles. The SMILES string of the molecule is CC(=N[N-]C(=[SH+])N1CCCCCC1)c1ccccn1.O=N[O-].[Ni]. The molecule has 1 aliphatic rings. The van der Waals surface area contributed by atoms with E-state index in [-0.39, 0.29) is 16.5 Å².